The van der Waals surface area contributed by atoms with E-state index in [0.717, 1.165) is 34.0 Å². The van der Waals surface area contributed by atoms with Crippen molar-refractivity contribution in [1.82, 2.24) is 14.8 Å². The van der Waals surface area contributed by atoms with Crippen molar-refractivity contribution in [3.63, 3.8) is 0 Å². The number of aromatic nitrogens is 3. The molecule has 4 rings (SSSR count). The first-order valence-corrected chi connectivity index (χ1v) is 9.68. The number of hydrogen-bond donors (Lipinski definition) is 0. The zero-order chi connectivity index (χ0) is 17.8. The zero-order valence-electron chi connectivity index (χ0n) is 14.6. The van der Waals surface area contributed by atoms with Gasteiger partial charge < -0.3 is 13.9 Å². The number of thioether (sulfide) groups is 1. The molecule has 0 saturated heterocycles. The molecule has 0 atom stereocenters. The lowest BCUT2D eigenvalue weighted by Gasteiger charge is -2.11. The maximum Gasteiger partial charge on any atom is 0.191 e. The van der Waals surface area contributed by atoms with Gasteiger partial charge >= 0.3 is 0 Å². The van der Waals surface area contributed by atoms with Gasteiger partial charge in [-0.1, -0.05) is 23.9 Å². The van der Waals surface area contributed by atoms with Crippen LogP contribution in [0.3, 0.4) is 0 Å². The summed E-state index contributed by atoms with van der Waals surface area (Å²) in [7, 11) is 1.65. The highest BCUT2D eigenvalue weighted by atomic mass is 32.2. The van der Waals surface area contributed by atoms with Crippen LogP contribution in [0.1, 0.15) is 30.3 Å². The molecule has 0 bridgehead atoms. The van der Waals surface area contributed by atoms with Crippen LogP contribution in [0.15, 0.2) is 52.2 Å². The molecule has 2 aromatic heterocycles. The summed E-state index contributed by atoms with van der Waals surface area (Å²) >= 11 is 1.65. The molecule has 0 aliphatic heterocycles. The zero-order valence-corrected chi connectivity index (χ0v) is 15.4. The number of nitrogens with zero attached hydrogens (tertiary/aromatic N) is 3. The van der Waals surface area contributed by atoms with Crippen LogP contribution in [0.25, 0.3) is 0 Å². The second kappa shape index (κ2) is 7.86. The number of furan rings is 1. The first-order chi connectivity index (χ1) is 12.8. The molecule has 136 valence electrons. The van der Waals surface area contributed by atoms with Gasteiger partial charge in [-0.3, -0.25) is 4.57 Å². The molecule has 1 fully saturated rings. The fourth-order valence-corrected chi connectivity index (χ4v) is 3.54. The Kier molecular flexibility index (Phi) is 5.15. The molecule has 0 spiro atoms. The quantitative estimate of drug-likeness (QED) is 0.419. The number of ether oxygens (including phenoxy) is 2. The Morgan fingerprint density at radius 1 is 1.15 bits per heavy atom. The number of methoxy groups -OCH3 is 1. The van der Waals surface area contributed by atoms with Crippen molar-refractivity contribution in [3.8, 4) is 11.5 Å². The summed E-state index contributed by atoms with van der Waals surface area (Å²) in [5.74, 6) is 4.80. The van der Waals surface area contributed by atoms with E-state index < -0.39 is 0 Å². The van der Waals surface area contributed by atoms with E-state index in [1.807, 2.05) is 36.4 Å². The number of hydrogen-bond acceptors (Lipinski definition) is 6. The first-order valence-electron chi connectivity index (χ1n) is 8.69. The summed E-state index contributed by atoms with van der Waals surface area (Å²) in [6.07, 6.45) is 4.08. The maximum absolute atomic E-state index is 5.84. The van der Waals surface area contributed by atoms with Gasteiger partial charge in [0.25, 0.3) is 0 Å². The summed E-state index contributed by atoms with van der Waals surface area (Å²) in [5.41, 5.74) is 0. The van der Waals surface area contributed by atoms with Crippen LogP contribution in [0.4, 0.5) is 0 Å². The van der Waals surface area contributed by atoms with Crippen molar-refractivity contribution in [2.24, 2.45) is 0 Å². The third-order valence-electron chi connectivity index (χ3n) is 4.22. The standard InChI is InChI=1S/C19H21N3O3S/c1-23-16-6-2-3-7-17(16)25-11-12-26-19-21-20-18(14-8-9-14)22(19)13-15-5-4-10-24-15/h2-7,10,14H,8-9,11-13H2,1H3. The Bertz CT molecular complexity index is 844. The van der Waals surface area contributed by atoms with Gasteiger partial charge in [-0.25, -0.2) is 0 Å². The third-order valence-corrected chi connectivity index (χ3v) is 5.15. The Balaban J connectivity index is 1.38. The SMILES string of the molecule is COc1ccccc1OCCSc1nnc(C2CC2)n1Cc1ccco1. The molecular formula is C19H21N3O3S. The van der Waals surface area contributed by atoms with E-state index >= 15 is 0 Å². The van der Waals surface area contributed by atoms with Crippen molar-refractivity contribution >= 4 is 11.8 Å². The molecule has 0 amide bonds. The average Bonchev–Trinajstić information content (AvgIpc) is 3.24. The molecule has 1 aromatic carbocycles. The van der Waals surface area contributed by atoms with Crippen LogP contribution in [0, 0.1) is 0 Å². The second-order valence-electron chi connectivity index (χ2n) is 6.13. The fraction of sp³-hybridized carbons (Fsp3) is 0.368. The van der Waals surface area contributed by atoms with Crippen molar-refractivity contribution in [2.45, 2.75) is 30.5 Å². The molecule has 1 aliphatic carbocycles. The molecule has 0 N–H and O–H groups in total. The second-order valence-corrected chi connectivity index (χ2v) is 7.19. The van der Waals surface area contributed by atoms with Crippen molar-refractivity contribution < 1.29 is 13.9 Å². The average molecular weight is 371 g/mol. The van der Waals surface area contributed by atoms with Crippen LogP contribution in [0.2, 0.25) is 0 Å². The minimum absolute atomic E-state index is 0.539. The summed E-state index contributed by atoms with van der Waals surface area (Å²) in [4.78, 5) is 0. The van der Waals surface area contributed by atoms with E-state index in [1.165, 1.54) is 12.8 Å². The van der Waals surface area contributed by atoms with E-state index in [1.54, 1.807) is 25.1 Å². The van der Waals surface area contributed by atoms with E-state index in [0.29, 0.717) is 19.1 Å². The van der Waals surface area contributed by atoms with Crippen LogP contribution in [-0.2, 0) is 6.54 Å². The summed E-state index contributed by atoms with van der Waals surface area (Å²) in [6.45, 7) is 1.24. The number of rotatable bonds is 9. The van der Waals surface area contributed by atoms with Crippen LogP contribution in [-0.4, -0.2) is 34.2 Å². The highest BCUT2D eigenvalue weighted by Crippen LogP contribution is 2.40. The van der Waals surface area contributed by atoms with Gasteiger partial charge in [-0.15, -0.1) is 10.2 Å². The molecule has 0 radical (unpaired) electrons. The predicted molar refractivity (Wildman–Crippen MR) is 99.0 cm³/mol. The molecular weight excluding hydrogens is 350 g/mol. The highest BCUT2D eigenvalue weighted by molar-refractivity contribution is 7.99. The molecule has 2 heterocycles. The molecule has 6 nitrogen and oxygen atoms in total. The smallest absolute Gasteiger partial charge is 0.191 e. The molecule has 1 aliphatic rings. The summed E-state index contributed by atoms with van der Waals surface area (Å²) in [5, 5.41) is 9.71. The third kappa shape index (κ3) is 3.88. The van der Waals surface area contributed by atoms with Gasteiger partial charge in [0, 0.05) is 11.7 Å². The Hall–Kier alpha value is -2.41. The van der Waals surface area contributed by atoms with Gasteiger partial charge in [-0.05, 0) is 37.1 Å². The van der Waals surface area contributed by atoms with Crippen LogP contribution < -0.4 is 9.47 Å². The van der Waals surface area contributed by atoms with Crippen LogP contribution in [0.5, 0.6) is 11.5 Å². The van der Waals surface area contributed by atoms with E-state index in [9.17, 15) is 0 Å². The number of benzene rings is 1. The summed E-state index contributed by atoms with van der Waals surface area (Å²) in [6, 6.07) is 11.6. The normalized spacial score (nSPS) is 13.7. The van der Waals surface area contributed by atoms with Gasteiger partial charge in [0.15, 0.2) is 16.7 Å². The monoisotopic (exact) mass is 371 g/mol. The summed E-state index contributed by atoms with van der Waals surface area (Å²) < 4.78 is 18.8. The van der Waals surface area contributed by atoms with Crippen molar-refractivity contribution in [3.05, 3.63) is 54.2 Å². The topological polar surface area (TPSA) is 62.3 Å². The number of para-hydroxylation sites is 2. The van der Waals surface area contributed by atoms with Crippen molar-refractivity contribution in [2.75, 3.05) is 19.5 Å². The molecule has 7 heteroatoms. The van der Waals surface area contributed by atoms with Gasteiger partial charge in [0.05, 0.1) is 26.5 Å². The first kappa shape index (κ1) is 17.0. The fourth-order valence-electron chi connectivity index (χ4n) is 2.78. The van der Waals surface area contributed by atoms with Crippen molar-refractivity contribution in [1.29, 1.82) is 0 Å². The highest BCUT2D eigenvalue weighted by Gasteiger charge is 2.30. The van der Waals surface area contributed by atoms with Gasteiger partial charge in [0.2, 0.25) is 0 Å². The largest absolute Gasteiger partial charge is 0.493 e. The maximum atomic E-state index is 5.84. The van der Waals surface area contributed by atoms with Gasteiger partial charge in [0.1, 0.15) is 11.6 Å². The Labute approximate surface area is 156 Å². The van der Waals surface area contributed by atoms with E-state index in [2.05, 4.69) is 14.8 Å². The molecule has 26 heavy (non-hydrogen) atoms. The molecule has 0 unspecified atom stereocenters. The lowest BCUT2D eigenvalue weighted by Crippen LogP contribution is -2.07. The van der Waals surface area contributed by atoms with Crippen LogP contribution >= 0.6 is 11.8 Å². The molecule has 1 saturated carbocycles. The predicted octanol–water partition coefficient (Wildman–Crippen LogP) is 3.98. The lowest BCUT2D eigenvalue weighted by atomic mass is 10.3. The minimum Gasteiger partial charge on any atom is -0.493 e. The Morgan fingerprint density at radius 2 is 2.00 bits per heavy atom. The Morgan fingerprint density at radius 3 is 2.73 bits per heavy atom. The lowest BCUT2D eigenvalue weighted by molar-refractivity contribution is 0.313. The van der Waals surface area contributed by atoms with E-state index in [-0.39, 0.29) is 0 Å². The minimum atomic E-state index is 0.539. The van der Waals surface area contributed by atoms with Gasteiger partial charge in [-0.2, -0.15) is 0 Å². The molecule has 3 aromatic rings. The van der Waals surface area contributed by atoms with E-state index in [4.69, 9.17) is 13.9 Å².